The van der Waals surface area contributed by atoms with Crippen LogP contribution in [0.4, 0.5) is 0 Å². The minimum absolute atomic E-state index is 0.0572. The Kier molecular flexibility index (Phi) is 3.92. The van der Waals surface area contributed by atoms with E-state index in [9.17, 15) is 9.59 Å². The molecule has 1 aromatic heterocycles. The fourth-order valence-electron chi connectivity index (χ4n) is 2.33. The number of hydrogen-bond acceptors (Lipinski definition) is 3. The van der Waals surface area contributed by atoms with E-state index in [4.69, 9.17) is 5.11 Å². The summed E-state index contributed by atoms with van der Waals surface area (Å²) in [6.07, 6.45) is 5.05. The van der Waals surface area contributed by atoms with Crippen molar-refractivity contribution in [2.75, 3.05) is 13.1 Å². The molecule has 1 aromatic rings. The number of carboxylic acids is 1. The fraction of sp³-hybridized carbons (Fsp3) is 0.462. The molecule has 1 unspecified atom stereocenters. The van der Waals surface area contributed by atoms with Gasteiger partial charge in [0.25, 0.3) is 5.91 Å². The molecule has 0 spiro atoms. The van der Waals surface area contributed by atoms with Crippen LogP contribution in [0.2, 0.25) is 0 Å². The summed E-state index contributed by atoms with van der Waals surface area (Å²) in [6.45, 7) is 1.23. The van der Waals surface area contributed by atoms with Gasteiger partial charge in [0, 0.05) is 31.9 Å². The molecule has 1 saturated heterocycles. The predicted molar refractivity (Wildman–Crippen MR) is 65.1 cm³/mol. The van der Waals surface area contributed by atoms with Crippen molar-refractivity contribution in [2.45, 2.75) is 19.3 Å². The summed E-state index contributed by atoms with van der Waals surface area (Å²) in [4.78, 5) is 28.5. The average molecular weight is 248 g/mol. The van der Waals surface area contributed by atoms with E-state index < -0.39 is 5.97 Å². The molecule has 1 amide bonds. The second-order valence-corrected chi connectivity index (χ2v) is 4.60. The maximum absolute atomic E-state index is 12.2. The summed E-state index contributed by atoms with van der Waals surface area (Å²) >= 11 is 0. The lowest BCUT2D eigenvalue weighted by Crippen LogP contribution is -2.40. The van der Waals surface area contributed by atoms with Crippen molar-refractivity contribution in [1.29, 1.82) is 0 Å². The van der Waals surface area contributed by atoms with Crippen molar-refractivity contribution in [3.05, 3.63) is 30.1 Å². The van der Waals surface area contributed by atoms with Crippen molar-refractivity contribution in [1.82, 2.24) is 9.88 Å². The molecule has 1 aliphatic rings. The van der Waals surface area contributed by atoms with Gasteiger partial charge in [-0.05, 0) is 30.9 Å². The number of rotatable bonds is 3. The minimum atomic E-state index is -0.796. The molecule has 1 aliphatic heterocycles. The number of carbonyl (C=O) groups is 2. The van der Waals surface area contributed by atoms with Crippen LogP contribution in [0.1, 0.15) is 29.6 Å². The zero-order valence-electron chi connectivity index (χ0n) is 10.1. The third-order valence-electron chi connectivity index (χ3n) is 3.18. The van der Waals surface area contributed by atoms with Crippen LogP contribution in [-0.4, -0.2) is 40.0 Å². The SMILES string of the molecule is O=C(O)CC1CCCN(C(=O)c2cccnc2)C1. The second kappa shape index (κ2) is 5.62. The molecule has 0 saturated carbocycles. The summed E-state index contributed by atoms with van der Waals surface area (Å²) in [6, 6.07) is 3.46. The maximum atomic E-state index is 12.2. The number of piperidine rings is 1. The van der Waals surface area contributed by atoms with Crippen molar-refractivity contribution < 1.29 is 14.7 Å². The van der Waals surface area contributed by atoms with Gasteiger partial charge in [0.15, 0.2) is 0 Å². The van der Waals surface area contributed by atoms with E-state index in [-0.39, 0.29) is 18.2 Å². The summed E-state index contributed by atoms with van der Waals surface area (Å²) in [5.41, 5.74) is 0.563. The summed E-state index contributed by atoms with van der Waals surface area (Å²) in [5, 5.41) is 8.79. The molecule has 2 heterocycles. The van der Waals surface area contributed by atoms with Crippen LogP contribution in [0.5, 0.6) is 0 Å². The molecule has 1 atom stereocenters. The molecule has 1 N–H and O–H groups in total. The summed E-state index contributed by atoms with van der Waals surface area (Å²) in [7, 11) is 0. The first-order valence-corrected chi connectivity index (χ1v) is 6.08. The van der Waals surface area contributed by atoms with Gasteiger partial charge >= 0.3 is 5.97 Å². The van der Waals surface area contributed by atoms with Gasteiger partial charge < -0.3 is 10.0 Å². The second-order valence-electron chi connectivity index (χ2n) is 4.60. The van der Waals surface area contributed by atoms with Crippen molar-refractivity contribution in [2.24, 2.45) is 5.92 Å². The monoisotopic (exact) mass is 248 g/mol. The van der Waals surface area contributed by atoms with Gasteiger partial charge in [-0.25, -0.2) is 0 Å². The van der Waals surface area contributed by atoms with E-state index in [1.807, 2.05) is 0 Å². The number of carbonyl (C=O) groups excluding carboxylic acids is 1. The first-order chi connectivity index (χ1) is 8.66. The fourth-order valence-corrected chi connectivity index (χ4v) is 2.33. The number of hydrogen-bond donors (Lipinski definition) is 1. The van der Waals surface area contributed by atoms with Crippen LogP contribution in [0, 0.1) is 5.92 Å². The lowest BCUT2D eigenvalue weighted by molar-refractivity contribution is -0.138. The highest BCUT2D eigenvalue weighted by molar-refractivity contribution is 5.93. The van der Waals surface area contributed by atoms with Gasteiger partial charge in [0.05, 0.1) is 5.56 Å². The Morgan fingerprint density at radius 3 is 3.00 bits per heavy atom. The van der Waals surface area contributed by atoms with Crippen molar-refractivity contribution in [3.8, 4) is 0 Å². The lowest BCUT2D eigenvalue weighted by atomic mass is 9.94. The third-order valence-corrected chi connectivity index (χ3v) is 3.18. The number of amides is 1. The van der Waals surface area contributed by atoms with Crippen molar-refractivity contribution >= 4 is 11.9 Å². The van der Waals surface area contributed by atoms with E-state index in [0.29, 0.717) is 18.7 Å². The first kappa shape index (κ1) is 12.5. The highest BCUT2D eigenvalue weighted by Gasteiger charge is 2.25. The van der Waals surface area contributed by atoms with Crippen LogP contribution in [-0.2, 0) is 4.79 Å². The standard InChI is InChI=1S/C13H16N2O3/c16-12(17)7-10-3-2-6-15(9-10)13(18)11-4-1-5-14-8-11/h1,4-5,8,10H,2-3,6-7,9H2,(H,16,17). The largest absolute Gasteiger partial charge is 0.481 e. The molecule has 0 radical (unpaired) electrons. The van der Waals surface area contributed by atoms with Crippen LogP contribution in [0.15, 0.2) is 24.5 Å². The van der Waals surface area contributed by atoms with E-state index in [1.165, 1.54) is 0 Å². The van der Waals surface area contributed by atoms with E-state index in [0.717, 1.165) is 12.8 Å². The Morgan fingerprint density at radius 2 is 2.33 bits per heavy atom. The van der Waals surface area contributed by atoms with E-state index in [1.54, 1.807) is 29.4 Å². The number of pyridine rings is 1. The molecular formula is C13H16N2O3. The number of carboxylic acid groups (broad SMARTS) is 1. The van der Waals surface area contributed by atoms with Gasteiger partial charge in [-0.2, -0.15) is 0 Å². The highest BCUT2D eigenvalue weighted by Crippen LogP contribution is 2.21. The topological polar surface area (TPSA) is 70.5 Å². The number of aromatic nitrogens is 1. The predicted octanol–water partition coefficient (Wildman–Crippen LogP) is 1.41. The van der Waals surface area contributed by atoms with Gasteiger partial charge in [0.1, 0.15) is 0 Å². The summed E-state index contributed by atoms with van der Waals surface area (Å²) < 4.78 is 0. The van der Waals surface area contributed by atoms with Gasteiger partial charge in [0.2, 0.25) is 0 Å². The Hall–Kier alpha value is -1.91. The minimum Gasteiger partial charge on any atom is -0.481 e. The normalized spacial score (nSPS) is 19.6. The number of nitrogens with zero attached hydrogens (tertiary/aromatic N) is 2. The van der Waals surface area contributed by atoms with Gasteiger partial charge in [-0.1, -0.05) is 0 Å². The molecule has 0 aliphatic carbocycles. The maximum Gasteiger partial charge on any atom is 0.303 e. The van der Waals surface area contributed by atoms with Crippen LogP contribution in [0.3, 0.4) is 0 Å². The zero-order valence-corrected chi connectivity index (χ0v) is 10.1. The molecular weight excluding hydrogens is 232 g/mol. The molecule has 18 heavy (non-hydrogen) atoms. The molecule has 0 bridgehead atoms. The quantitative estimate of drug-likeness (QED) is 0.878. The Balaban J connectivity index is 2.00. The van der Waals surface area contributed by atoms with Crippen molar-refractivity contribution in [3.63, 3.8) is 0 Å². The molecule has 96 valence electrons. The van der Waals surface area contributed by atoms with Gasteiger partial charge in [-0.3, -0.25) is 14.6 Å². The molecule has 5 nitrogen and oxygen atoms in total. The highest BCUT2D eigenvalue weighted by atomic mass is 16.4. The smallest absolute Gasteiger partial charge is 0.303 e. The molecule has 1 fully saturated rings. The number of likely N-dealkylation sites (tertiary alicyclic amines) is 1. The van der Waals surface area contributed by atoms with E-state index >= 15 is 0 Å². The third kappa shape index (κ3) is 3.06. The van der Waals surface area contributed by atoms with E-state index in [2.05, 4.69) is 4.98 Å². The zero-order chi connectivity index (χ0) is 13.0. The number of aliphatic carboxylic acids is 1. The van der Waals surface area contributed by atoms with Gasteiger partial charge in [-0.15, -0.1) is 0 Å². The summed E-state index contributed by atoms with van der Waals surface area (Å²) in [5.74, 6) is -0.786. The first-order valence-electron chi connectivity index (χ1n) is 6.08. The Labute approximate surface area is 105 Å². The molecule has 2 rings (SSSR count). The molecule has 0 aromatic carbocycles. The lowest BCUT2D eigenvalue weighted by Gasteiger charge is -2.32. The Morgan fingerprint density at radius 1 is 1.50 bits per heavy atom. The van der Waals surface area contributed by atoms with Crippen LogP contribution >= 0.6 is 0 Å². The van der Waals surface area contributed by atoms with Crippen LogP contribution in [0.25, 0.3) is 0 Å². The molecule has 5 heteroatoms. The average Bonchev–Trinajstić information content (AvgIpc) is 2.38. The van der Waals surface area contributed by atoms with Crippen LogP contribution < -0.4 is 0 Å². The Bertz CT molecular complexity index is 433.